The van der Waals surface area contributed by atoms with Crippen molar-refractivity contribution < 1.29 is 59.9 Å². The van der Waals surface area contributed by atoms with Gasteiger partial charge in [-0.2, -0.15) is 0 Å². The molecule has 24 heavy (non-hydrogen) atoms. The van der Waals surface area contributed by atoms with Crippen LogP contribution in [0.25, 0.3) is 0 Å². The van der Waals surface area contributed by atoms with Gasteiger partial charge in [-0.15, -0.1) is 0 Å². The lowest BCUT2D eigenvalue weighted by Crippen LogP contribution is -2.57. The highest BCUT2D eigenvalue weighted by Crippen LogP contribution is 2.18. The number of aliphatic hydroxyl groups is 8. The minimum absolute atomic E-state index is 0.856. The summed E-state index contributed by atoms with van der Waals surface area (Å²) in [6.45, 7) is -1.83. The number of esters is 2. The van der Waals surface area contributed by atoms with Crippen LogP contribution in [-0.4, -0.2) is 103 Å². The van der Waals surface area contributed by atoms with Crippen molar-refractivity contribution in [1.29, 1.82) is 0 Å². The molecule has 0 bridgehead atoms. The molecule has 1 rings (SSSR count). The number of aliphatic hydroxyl groups excluding tert-OH is 8. The number of carbonyl (C=O) groups excluding carboxylic acids is 2. The monoisotopic (exact) mass is 354 g/mol. The van der Waals surface area contributed by atoms with E-state index in [0.29, 0.717) is 0 Å². The lowest BCUT2D eigenvalue weighted by atomic mass is 10.0. The Bertz CT molecular complexity index is 502. The summed E-state index contributed by atoms with van der Waals surface area (Å²) in [6.07, 6.45) is -11.2. The first-order valence-corrected chi connectivity index (χ1v) is 6.62. The van der Waals surface area contributed by atoms with Crippen LogP contribution in [-0.2, 0) is 19.1 Å². The molecule has 8 N–H and O–H groups in total. The van der Waals surface area contributed by atoms with Gasteiger partial charge in [-0.25, -0.2) is 9.59 Å². The standard InChI is InChI=1S/C12H18O12/c13-1-3(14)5(15)7(17)9(19)11(21)23-2-4-6(16)8(18)10(20)12(22)24-4/h3-6,8,10,13-20H,1-2H2/b9-7-/t3-,4-,5-,6-,8+,10-/m1/s1. The average Bonchev–Trinajstić information content (AvgIpc) is 2.58. The summed E-state index contributed by atoms with van der Waals surface area (Å²) >= 11 is 0. The predicted molar refractivity (Wildman–Crippen MR) is 70.2 cm³/mol. The summed E-state index contributed by atoms with van der Waals surface area (Å²) < 4.78 is 8.95. The molecule has 0 spiro atoms. The van der Waals surface area contributed by atoms with Crippen molar-refractivity contribution in [3.8, 4) is 0 Å². The van der Waals surface area contributed by atoms with Crippen LogP contribution >= 0.6 is 0 Å². The van der Waals surface area contributed by atoms with Crippen molar-refractivity contribution >= 4 is 11.9 Å². The van der Waals surface area contributed by atoms with E-state index in [9.17, 15) is 35.1 Å². The molecule has 0 aromatic rings. The van der Waals surface area contributed by atoms with Crippen molar-refractivity contribution in [2.75, 3.05) is 13.2 Å². The Hall–Kier alpha value is -1.96. The lowest BCUT2D eigenvalue weighted by Gasteiger charge is -2.33. The van der Waals surface area contributed by atoms with E-state index in [1.807, 2.05) is 0 Å². The largest absolute Gasteiger partial charge is 0.506 e. The van der Waals surface area contributed by atoms with Gasteiger partial charge in [-0.1, -0.05) is 0 Å². The third-order valence-electron chi connectivity index (χ3n) is 3.21. The Morgan fingerprint density at radius 3 is 2.29 bits per heavy atom. The SMILES string of the molecule is O=C(OC[C@H]1OC(=O)[C@H](O)[C@@H](O)[C@@H]1O)/C(O)=C(/O)[C@H](O)[C@H](O)CO. The molecule has 0 aromatic carbocycles. The average molecular weight is 354 g/mol. The highest BCUT2D eigenvalue weighted by atomic mass is 16.6. The van der Waals surface area contributed by atoms with E-state index in [1.165, 1.54) is 0 Å². The molecule has 1 aliphatic rings. The van der Waals surface area contributed by atoms with Crippen molar-refractivity contribution in [2.24, 2.45) is 0 Å². The van der Waals surface area contributed by atoms with Gasteiger partial charge >= 0.3 is 11.9 Å². The quantitative estimate of drug-likeness (QED) is 0.129. The fourth-order valence-corrected chi connectivity index (χ4v) is 1.72. The van der Waals surface area contributed by atoms with Gasteiger partial charge in [0.05, 0.1) is 6.61 Å². The maximum Gasteiger partial charge on any atom is 0.377 e. The van der Waals surface area contributed by atoms with Crippen molar-refractivity contribution in [2.45, 2.75) is 36.6 Å². The van der Waals surface area contributed by atoms with Crippen LogP contribution in [0.15, 0.2) is 11.5 Å². The molecule has 1 heterocycles. The van der Waals surface area contributed by atoms with E-state index in [0.717, 1.165) is 0 Å². The molecule has 12 nitrogen and oxygen atoms in total. The predicted octanol–water partition coefficient (Wildman–Crippen LogP) is -4.42. The number of hydrogen-bond donors (Lipinski definition) is 8. The van der Waals surface area contributed by atoms with E-state index >= 15 is 0 Å². The Morgan fingerprint density at radius 2 is 1.75 bits per heavy atom. The zero-order valence-corrected chi connectivity index (χ0v) is 12.1. The van der Waals surface area contributed by atoms with Crippen LogP contribution in [0.5, 0.6) is 0 Å². The second kappa shape index (κ2) is 8.23. The summed E-state index contributed by atoms with van der Waals surface area (Å²) in [5, 5.41) is 73.9. The molecule has 0 aliphatic carbocycles. The molecule has 6 atom stereocenters. The zero-order valence-electron chi connectivity index (χ0n) is 12.1. The summed E-state index contributed by atoms with van der Waals surface area (Å²) in [5.41, 5.74) is 0. The van der Waals surface area contributed by atoms with E-state index in [1.54, 1.807) is 0 Å². The topological polar surface area (TPSA) is 214 Å². The molecule has 1 fully saturated rings. The molecule has 0 saturated carbocycles. The van der Waals surface area contributed by atoms with Crippen LogP contribution in [0.2, 0.25) is 0 Å². The molecule has 138 valence electrons. The lowest BCUT2D eigenvalue weighted by molar-refractivity contribution is -0.209. The van der Waals surface area contributed by atoms with Gasteiger partial charge in [0, 0.05) is 0 Å². The Morgan fingerprint density at radius 1 is 1.17 bits per heavy atom. The van der Waals surface area contributed by atoms with Gasteiger partial charge in [-0.3, -0.25) is 0 Å². The Kier molecular flexibility index (Phi) is 6.89. The summed E-state index contributed by atoms with van der Waals surface area (Å²) in [6, 6.07) is 0. The van der Waals surface area contributed by atoms with Crippen molar-refractivity contribution in [3.63, 3.8) is 0 Å². The molecular formula is C12H18O12. The molecule has 1 aliphatic heterocycles. The molecule has 0 radical (unpaired) electrons. The number of hydrogen-bond acceptors (Lipinski definition) is 12. The highest BCUT2D eigenvalue weighted by Gasteiger charge is 2.44. The first-order valence-electron chi connectivity index (χ1n) is 6.62. The van der Waals surface area contributed by atoms with Crippen LogP contribution in [0, 0.1) is 0 Å². The highest BCUT2D eigenvalue weighted by molar-refractivity contribution is 5.86. The molecule has 0 aromatic heterocycles. The fraction of sp³-hybridized carbons (Fsp3) is 0.667. The van der Waals surface area contributed by atoms with E-state index in [-0.39, 0.29) is 0 Å². The number of cyclic esters (lactones) is 1. The molecule has 1 saturated heterocycles. The normalized spacial score (nSPS) is 30.8. The Labute approximate surface area is 134 Å². The number of ether oxygens (including phenoxy) is 2. The first kappa shape index (κ1) is 20.1. The van der Waals surface area contributed by atoms with Crippen LogP contribution in [0.3, 0.4) is 0 Å². The third-order valence-corrected chi connectivity index (χ3v) is 3.21. The molecule has 12 heteroatoms. The second-order valence-corrected chi connectivity index (χ2v) is 4.93. The molecular weight excluding hydrogens is 336 g/mol. The second-order valence-electron chi connectivity index (χ2n) is 4.93. The summed E-state index contributed by atoms with van der Waals surface area (Å²) in [5.74, 6) is -5.75. The number of rotatable bonds is 6. The van der Waals surface area contributed by atoms with Gasteiger partial charge in [0.1, 0.15) is 31.0 Å². The van der Waals surface area contributed by atoms with E-state index in [2.05, 4.69) is 9.47 Å². The van der Waals surface area contributed by atoms with Gasteiger partial charge < -0.3 is 50.3 Å². The van der Waals surface area contributed by atoms with E-state index < -0.39 is 73.3 Å². The maximum atomic E-state index is 11.5. The molecule has 0 amide bonds. The van der Waals surface area contributed by atoms with Crippen molar-refractivity contribution in [1.82, 2.24) is 0 Å². The first-order chi connectivity index (χ1) is 11.1. The van der Waals surface area contributed by atoms with Crippen molar-refractivity contribution in [3.05, 3.63) is 11.5 Å². The van der Waals surface area contributed by atoms with Gasteiger partial charge in [0.25, 0.3) is 0 Å². The Balaban J connectivity index is 2.70. The minimum atomic E-state index is -2.17. The smallest absolute Gasteiger partial charge is 0.377 e. The molecule has 0 unspecified atom stereocenters. The minimum Gasteiger partial charge on any atom is -0.506 e. The maximum absolute atomic E-state index is 11.5. The fourth-order valence-electron chi connectivity index (χ4n) is 1.72. The van der Waals surface area contributed by atoms with Gasteiger partial charge in [0.15, 0.2) is 18.0 Å². The van der Waals surface area contributed by atoms with Crippen LogP contribution in [0.4, 0.5) is 0 Å². The van der Waals surface area contributed by atoms with E-state index in [4.69, 9.17) is 15.3 Å². The number of carbonyl (C=O) groups is 2. The third kappa shape index (κ3) is 4.31. The van der Waals surface area contributed by atoms with Crippen LogP contribution < -0.4 is 0 Å². The summed E-state index contributed by atoms with van der Waals surface area (Å²) in [4.78, 5) is 22.7. The summed E-state index contributed by atoms with van der Waals surface area (Å²) in [7, 11) is 0. The van der Waals surface area contributed by atoms with Crippen LogP contribution in [0.1, 0.15) is 0 Å². The zero-order chi connectivity index (χ0) is 18.6. The van der Waals surface area contributed by atoms with Gasteiger partial charge in [0.2, 0.25) is 5.76 Å². The van der Waals surface area contributed by atoms with Gasteiger partial charge in [-0.05, 0) is 0 Å².